The summed E-state index contributed by atoms with van der Waals surface area (Å²) < 4.78 is 0. The molecule has 0 bridgehead atoms. The van der Waals surface area contributed by atoms with Crippen LogP contribution in [-0.4, -0.2) is 12.2 Å². The molecule has 0 saturated carbocycles. The highest BCUT2D eigenvalue weighted by atomic mass is 35.5. The van der Waals surface area contributed by atoms with Gasteiger partial charge in [-0.1, -0.05) is 11.6 Å². The first kappa shape index (κ1) is 11.3. The summed E-state index contributed by atoms with van der Waals surface area (Å²) in [4.78, 5) is 4.73. The molecule has 0 heterocycles. The highest BCUT2D eigenvalue weighted by Crippen LogP contribution is 2.30. The number of phenolic OH excluding ortho intramolecular Hbond substituents is 1. The number of rotatable bonds is 3. The van der Waals surface area contributed by atoms with Crippen LogP contribution in [0.1, 0.15) is 16.7 Å². The van der Waals surface area contributed by atoms with E-state index in [4.69, 9.17) is 16.4 Å². The molecule has 4 heteroatoms. The Morgan fingerprint density at radius 1 is 1.50 bits per heavy atom. The molecule has 0 aromatic heterocycles. The number of hydrogen-bond donors (Lipinski definition) is 2. The molecule has 0 fully saturated rings. The van der Waals surface area contributed by atoms with Gasteiger partial charge < -0.3 is 9.94 Å². The summed E-state index contributed by atoms with van der Waals surface area (Å²) in [5.41, 5.74) is 5.10. The third-order valence-corrected chi connectivity index (χ3v) is 2.60. The van der Waals surface area contributed by atoms with Crippen molar-refractivity contribution in [3.63, 3.8) is 0 Å². The minimum Gasteiger partial charge on any atom is -0.507 e. The number of halogens is 1. The Bertz CT molecular complexity index is 313. The van der Waals surface area contributed by atoms with Gasteiger partial charge in [-0.25, -0.2) is 0 Å². The van der Waals surface area contributed by atoms with Crippen LogP contribution in [0, 0.1) is 13.8 Å². The van der Waals surface area contributed by atoms with Crippen molar-refractivity contribution in [2.75, 3.05) is 7.11 Å². The molecule has 2 N–H and O–H groups in total. The SMILES string of the molecule is CONCc1c(C)c(Cl)cc(C)c1O. The van der Waals surface area contributed by atoms with Crippen LogP contribution in [0.3, 0.4) is 0 Å². The maximum Gasteiger partial charge on any atom is 0.123 e. The summed E-state index contributed by atoms with van der Waals surface area (Å²) in [5, 5.41) is 10.4. The van der Waals surface area contributed by atoms with E-state index in [0.717, 1.165) is 16.7 Å². The Balaban J connectivity index is 3.11. The molecule has 3 nitrogen and oxygen atoms in total. The molecule has 0 unspecified atom stereocenters. The molecule has 0 amide bonds. The highest BCUT2D eigenvalue weighted by Gasteiger charge is 2.10. The third kappa shape index (κ3) is 2.18. The fraction of sp³-hybridized carbons (Fsp3) is 0.400. The maximum atomic E-state index is 9.78. The molecule has 0 aliphatic rings. The lowest BCUT2D eigenvalue weighted by molar-refractivity contribution is 0.0860. The third-order valence-electron chi connectivity index (χ3n) is 2.21. The van der Waals surface area contributed by atoms with Crippen molar-refractivity contribution in [2.24, 2.45) is 0 Å². The fourth-order valence-electron chi connectivity index (χ4n) is 1.29. The monoisotopic (exact) mass is 215 g/mol. The van der Waals surface area contributed by atoms with E-state index in [-0.39, 0.29) is 5.75 Å². The zero-order valence-electron chi connectivity index (χ0n) is 8.52. The van der Waals surface area contributed by atoms with Crippen molar-refractivity contribution in [1.29, 1.82) is 0 Å². The van der Waals surface area contributed by atoms with Gasteiger partial charge in [-0.15, -0.1) is 0 Å². The first-order chi connectivity index (χ1) is 6.57. The van der Waals surface area contributed by atoms with Gasteiger partial charge in [0, 0.05) is 17.1 Å². The van der Waals surface area contributed by atoms with Crippen molar-refractivity contribution in [3.05, 3.63) is 27.8 Å². The first-order valence-electron chi connectivity index (χ1n) is 4.31. The average Bonchev–Trinajstić information content (AvgIpc) is 2.15. The Labute approximate surface area is 88.6 Å². The quantitative estimate of drug-likeness (QED) is 0.761. The zero-order chi connectivity index (χ0) is 10.7. The Morgan fingerprint density at radius 3 is 2.71 bits per heavy atom. The number of aromatic hydroxyl groups is 1. The van der Waals surface area contributed by atoms with E-state index in [2.05, 4.69) is 5.48 Å². The van der Waals surface area contributed by atoms with Crippen molar-refractivity contribution in [1.82, 2.24) is 5.48 Å². The summed E-state index contributed by atoms with van der Waals surface area (Å²) in [6.07, 6.45) is 0. The van der Waals surface area contributed by atoms with Crippen molar-refractivity contribution < 1.29 is 9.94 Å². The molecule has 78 valence electrons. The van der Waals surface area contributed by atoms with Crippen LogP contribution in [0.25, 0.3) is 0 Å². The summed E-state index contributed by atoms with van der Waals surface area (Å²) in [6, 6.07) is 1.75. The predicted octanol–water partition coefficient (Wildman–Crippen LogP) is 2.31. The predicted molar refractivity (Wildman–Crippen MR) is 56.4 cm³/mol. The van der Waals surface area contributed by atoms with E-state index in [9.17, 15) is 5.11 Å². The molecule has 14 heavy (non-hydrogen) atoms. The second-order valence-corrected chi connectivity index (χ2v) is 3.56. The molecule has 0 saturated heterocycles. The second-order valence-electron chi connectivity index (χ2n) is 3.15. The summed E-state index contributed by atoms with van der Waals surface area (Å²) in [6.45, 7) is 4.13. The van der Waals surface area contributed by atoms with Gasteiger partial charge in [0.1, 0.15) is 5.75 Å². The lowest BCUT2D eigenvalue weighted by atomic mass is 10.0. The van der Waals surface area contributed by atoms with E-state index in [1.165, 1.54) is 7.11 Å². The normalized spacial score (nSPS) is 10.6. The topological polar surface area (TPSA) is 41.5 Å². The fourth-order valence-corrected chi connectivity index (χ4v) is 1.56. The minimum absolute atomic E-state index is 0.274. The number of hydroxylamine groups is 1. The number of aryl methyl sites for hydroxylation is 1. The maximum absolute atomic E-state index is 9.78. The highest BCUT2D eigenvalue weighted by molar-refractivity contribution is 6.31. The smallest absolute Gasteiger partial charge is 0.123 e. The van der Waals surface area contributed by atoms with E-state index >= 15 is 0 Å². The molecule has 0 radical (unpaired) electrons. The molecule has 1 aromatic carbocycles. The zero-order valence-corrected chi connectivity index (χ0v) is 9.27. The average molecular weight is 216 g/mol. The van der Waals surface area contributed by atoms with Crippen LogP contribution in [0.5, 0.6) is 5.75 Å². The van der Waals surface area contributed by atoms with Crippen molar-refractivity contribution >= 4 is 11.6 Å². The van der Waals surface area contributed by atoms with Gasteiger partial charge in [0.25, 0.3) is 0 Å². The first-order valence-corrected chi connectivity index (χ1v) is 4.69. The van der Waals surface area contributed by atoms with Crippen LogP contribution in [0.2, 0.25) is 5.02 Å². The molecule has 0 aliphatic heterocycles. The number of phenols is 1. The molecule has 0 atom stereocenters. The summed E-state index contributed by atoms with van der Waals surface area (Å²) in [7, 11) is 1.53. The second kappa shape index (κ2) is 4.64. The van der Waals surface area contributed by atoms with Crippen LogP contribution in [0.15, 0.2) is 6.07 Å². The van der Waals surface area contributed by atoms with Gasteiger partial charge >= 0.3 is 0 Å². The number of hydrogen-bond acceptors (Lipinski definition) is 3. The van der Waals surface area contributed by atoms with Crippen LogP contribution in [-0.2, 0) is 11.4 Å². The van der Waals surface area contributed by atoms with Gasteiger partial charge in [0.15, 0.2) is 0 Å². The van der Waals surface area contributed by atoms with Crippen molar-refractivity contribution in [2.45, 2.75) is 20.4 Å². The van der Waals surface area contributed by atoms with Crippen molar-refractivity contribution in [3.8, 4) is 5.75 Å². The number of benzene rings is 1. The number of nitrogens with one attached hydrogen (secondary N) is 1. The van der Waals surface area contributed by atoms with Gasteiger partial charge in [0.2, 0.25) is 0 Å². The van der Waals surface area contributed by atoms with Crippen LogP contribution >= 0.6 is 11.6 Å². The van der Waals surface area contributed by atoms with E-state index in [1.807, 2.05) is 13.8 Å². The van der Waals surface area contributed by atoms with Crippen LogP contribution in [0.4, 0.5) is 0 Å². The van der Waals surface area contributed by atoms with Gasteiger partial charge in [-0.05, 0) is 31.0 Å². The molecule has 0 spiro atoms. The Hall–Kier alpha value is -0.770. The minimum atomic E-state index is 0.274. The van der Waals surface area contributed by atoms with Gasteiger partial charge in [-0.2, -0.15) is 5.48 Å². The standard InChI is InChI=1S/C10H14ClNO2/c1-6-4-9(11)7(2)8(10(6)13)5-12-14-3/h4,12-13H,5H2,1-3H3. The lowest BCUT2D eigenvalue weighted by Gasteiger charge is -2.12. The molecule has 1 rings (SSSR count). The molecule has 0 aliphatic carbocycles. The van der Waals surface area contributed by atoms with Gasteiger partial charge in [0.05, 0.1) is 7.11 Å². The lowest BCUT2D eigenvalue weighted by Crippen LogP contribution is -2.12. The van der Waals surface area contributed by atoms with Crippen LogP contribution < -0.4 is 5.48 Å². The largest absolute Gasteiger partial charge is 0.507 e. The Kier molecular flexibility index (Phi) is 3.75. The van der Waals surface area contributed by atoms with Gasteiger partial charge in [-0.3, -0.25) is 0 Å². The summed E-state index contributed by atoms with van der Waals surface area (Å²) in [5.74, 6) is 0.274. The van der Waals surface area contributed by atoms with E-state index in [1.54, 1.807) is 6.07 Å². The molecule has 1 aromatic rings. The molecular formula is C10H14ClNO2. The molecular weight excluding hydrogens is 202 g/mol. The van der Waals surface area contributed by atoms with E-state index in [0.29, 0.717) is 11.6 Å². The summed E-state index contributed by atoms with van der Waals surface area (Å²) >= 11 is 5.99. The Morgan fingerprint density at radius 2 is 2.14 bits per heavy atom. The van der Waals surface area contributed by atoms with E-state index < -0.39 is 0 Å².